The lowest BCUT2D eigenvalue weighted by Crippen LogP contribution is -1.93. The van der Waals surface area contributed by atoms with Crippen molar-refractivity contribution >= 4 is 75.4 Å². The molecule has 0 spiro atoms. The number of hydrogen-bond donors (Lipinski definition) is 0. The van der Waals surface area contributed by atoms with Crippen LogP contribution in [0.25, 0.3) is 109 Å². The van der Waals surface area contributed by atoms with Crippen molar-refractivity contribution in [2.45, 2.75) is 13.8 Å². The van der Waals surface area contributed by atoms with E-state index in [2.05, 4.69) is 184 Å². The van der Waals surface area contributed by atoms with Crippen LogP contribution in [0.4, 0.5) is 0 Å². The molecule has 0 aliphatic carbocycles. The van der Waals surface area contributed by atoms with E-state index in [0.29, 0.717) is 0 Å². The Morgan fingerprint density at radius 3 is 1.38 bits per heavy atom. The van der Waals surface area contributed by atoms with Crippen molar-refractivity contribution in [1.29, 1.82) is 0 Å². The van der Waals surface area contributed by atoms with Gasteiger partial charge in [-0.05, 0) is 146 Å². The van der Waals surface area contributed by atoms with E-state index in [-0.39, 0.29) is 0 Å². The highest BCUT2D eigenvalue weighted by atomic mass is 14.2. The van der Waals surface area contributed by atoms with Crippen molar-refractivity contribution in [2.24, 2.45) is 0 Å². The zero-order valence-electron chi connectivity index (χ0n) is 29.2. The molecular weight excluding hydrogens is 625 g/mol. The summed E-state index contributed by atoms with van der Waals surface area (Å²) in [5.74, 6) is 0. The largest absolute Gasteiger partial charge is 0.0622 e. The summed E-state index contributed by atoms with van der Waals surface area (Å²) >= 11 is 0. The summed E-state index contributed by atoms with van der Waals surface area (Å²) in [6.45, 7) is 4.56. The fraction of sp³-hybridized carbons (Fsp3) is 0.0385. The molecule has 0 heteroatoms. The van der Waals surface area contributed by atoms with Crippen molar-refractivity contribution in [3.05, 3.63) is 181 Å². The van der Waals surface area contributed by atoms with Crippen LogP contribution in [0.15, 0.2) is 170 Å². The molecule has 11 rings (SSSR count). The van der Waals surface area contributed by atoms with Crippen LogP contribution in [0.5, 0.6) is 0 Å². The molecule has 0 unspecified atom stereocenters. The minimum Gasteiger partial charge on any atom is -0.0622 e. The van der Waals surface area contributed by atoms with Gasteiger partial charge in [0.2, 0.25) is 0 Å². The van der Waals surface area contributed by atoms with Gasteiger partial charge in [-0.15, -0.1) is 0 Å². The van der Waals surface area contributed by atoms with Gasteiger partial charge in [0.15, 0.2) is 0 Å². The van der Waals surface area contributed by atoms with Crippen LogP contribution in [0.3, 0.4) is 0 Å². The normalized spacial score (nSPS) is 12.0. The fourth-order valence-electron chi connectivity index (χ4n) is 9.24. The molecule has 0 radical (unpaired) electrons. The fourth-order valence-corrected chi connectivity index (χ4v) is 9.24. The van der Waals surface area contributed by atoms with Gasteiger partial charge in [0.25, 0.3) is 0 Å². The lowest BCUT2D eigenvalue weighted by atomic mass is 9.84. The predicted molar refractivity (Wildman–Crippen MR) is 226 cm³/mol. The van der Waals surface area contributed by atoms with Gasteiger partial charge < -0.3 is 0 Å². The topological polar surface area (TPSA) is 0 Å². The molecule has 11 aromatic carbocycles. The lowest BCUT2D eigenvalue weighted by Gasteiger charge is -2.20. The van der Waals surface area contributed by atoms with E-state index in [4.69, 9.17) is 0 Å². The molecule has 0 heterocycles. The van der Waals surface area contributed by atoms with E-state index in [0.717, 1.165) is 0 Å². The average molecular weight is 659 g/mol. The highest BCUT2D eigenvalue weighted by Crippen LogP contribution is 2.46. The third-order valence-electron chi connectivity index (χ3n) is 11.6. The van der Waals surface area contributed by atoms with E-state index < -0.39 is 0 Å². The van der Waals surface area contributed by atoms with Crippen LogP contribution in [0.2, 0.25) is 0 Å². The molecule has 0 atom stereocenters. The Morgan fingerprint density at radius 1 is 0.269 bits per heavy atom. The van der Waals surface area contributed by atoms with Gasteiger partial charge in [0, 0.05) is 0 Å². The molecule has 0 bridgehead atoms. The van der Waals surface area contributed by atoms with Crippen LogP contribution in [0, 0.1) is 13.8 Å². The highest BCUT2D eigenvalue weighted by Gasteiger charge is 2.19. The molecule has 11 aromatic rings. The first-order valence-electron chi connectivity index (χ1n) is 18.3. The molecule has 0 aromatic heterocycles. The van der Waals surface area contributed by atoms with E-state index >= 15 is 0 Å². The van der Waals surface area contributed by atoms with Gasteiger partial charge in [-0.3, -0.25) is 0 Å². The average Bonchev–Trinajstić information content (AvgIpc) is 3.19. The summed E-state index contributed by atoms with van der Waals surface area (Å²) in [5, 5.41) is 18.3. The van der Waals surface area contributed by atoms with E-state index in [1.165, 1.54) is 120 Å². The van der Waals surface area contributed by atoms with Crippen LogP contribution in [0.1, 0.15) is 11.1 Å². The molecule has 52 heavy (non-hydrogen) atoms. The molecule has 0 aliphatic heterocycles. The molecule has 242 valence electrons. The molecule has 0 fully saturated rings. The van der Waals surface area contributed by atoms with E-state index in [1.807, 2.05) is 0 Å². The SMILES string of the molecule is Cc1cc2c(ccc3cc(-c4ccc5ccc6cccc7ccc4c5c67)c(C)cc32)cc1-c1c2ccccc2c(-c2ccccc2)c2ccccc12. The summed E-state index contributed by atoms with van der Waals surface area (Å²) in [7, 11) is 0. The van der Waals surface area contributed by atoms with Gasteiger partial charge in [-0.2, -0.15) is 0 Å². The van der Waals surface area contributed by atoms with Crippen molar-refractivity contribution in [3.63, 3.8) is 0 Å². The standard InChI is InChI=1S/C52H34/c1-31-27-47-37(29-45(31)39-25-23-36-20-19-34-13-10-14-35-24-26-44(39)51(36)49(34)35)21-22-38-30-46(32(2)28-48(38)47)52-42-17-8-6-15-40(42)50(33-11-4-3-5-12-33)41-16-7-9-18-43(41)52/h3-30H,1-2H3. The van der Waals surface area contributed by atoms with Crippen molar-refractivity contribution in [2.75, 3.05) is 0 Å². The molecule has 0 N–H and O–H groups in total. The monoisotopic (exact) mass is 658 g/mol. The minimum atomic E-state index is 1.25. The van der Waals surface area contributed by atoms with E-state index in [9.17, 15) is 0 Å². The highest BCUT2D eigenvalue weighted by molar-refractivity contribution is 6.26. The van der Waals surface area contributed by atoms with Crippen LogP contribution < -0.4 is 0 Å². The maximum atomic E-state index is 2.44. The lowest BCUT2D eigenvalue weighted by molar-refractivity contribution is 1.49. The van der Waals surface area contributed by atoms with Gasteiger partial charge in [0.05, 0.1) is 0 Å². The summed E-state index contributed by atoms with van der Waals surface area (Å²) in [5.41, 5.74) is 10.3. The number of fused-ring (bicyclic) bond motifs is 5. The second-order valence-electron chi connectivity index (χ2n) is 14.5. The number of benzene rings is 11. The smallest absolute Gasteiger partial charge is 0.00206 e. The second kappa shape index (κ2) is 11.0. The third kappa shape index (κ3) is 4.16. The first-order valence-corrected chi connectivity index (χ1v) is 18.3. The van der Waals surface area contributed by atoms with Crippen molar-refractivity contribution in [3.8, 4) is 33.4 Å². The minimum absolute atomic E-state index is 1.25. The molecule has 0 saturated carbocycles. The van der Waals surface area contributed by atoms with Crippen LogP contribution in [-0.4, -0.2) is 0 Å². The van der Waals surface area contributed by atoms with Crippen molar-refractivity contribution < 1.29 is 0 Å². The Kier molecular flexibility index (Phi) is 6.19. The Morgan fingerprint density at radius 2 is 0.750 bits per heavy atom. The summed E-state index contributed by atoms with van der Waals surface area (Å²) in [6, 6.07) is 63.5. The first-order chi connectivity index (χ1) is 25.6. The van der Waals surface area contributed by atoms with Gasteiger partial charge in [-0.1, -0.05) is 158 Å². The molecular formula is C52H34. The van der Waals surface area contributed by atoms with Crippen molar-refractivity contribution in [1.82, 2.24) is 0 Å². The zero-order chi connectivity index (χ0) is 34.5. The summed E-state index contributed by atoms with van der Waals surface area (Å²) in [6.07, 6.45) is 0. The Labute approximate surface area is 302 Å². The zero-order valence-corrected chi connectivity index (χ0v) is 29.2. The Bertz CT molecular complexity index is 3160. The number of aryl methyl sites for hydroxylation is 2. The molecule has 0 amide bonds. The van der Waals surface area contributed by atoms with Gasteiger partial charge >= 0.3 is 0 Å². The molecule has 0 aliphatic rings. The maximum absolute atomic E-state index is 2.44. The second-order valence-corrected chi connectivity index (χ2v) is 14.5. The first kappa shape index (κ1) is 29.3. The van der Waals surface area contributed by atoms with Crippen LogP contribution >= 0.6 is 0 Å². The quantitative estimate of drug-likeness (QED) is 0.131. The summed E-state index contributed by atoms with van der Waals surface area (Å²) < 4.78 is 0. The number of hydrogen-bond acceptors (Lipinski definition) is 0. The number of rotatable bonds is 3. The van der Waals surface area contributed by atoms with Gasteiger partial charge in [-0.25, -0.2) is 0 Å². The van der Waals surface area contributed by atoms with Crippen LogP contribution in [-0.2, 0) is 0 Å². The Balaban J connectivity index is 1.12. The predicted octanol–water partition coefficient (Wildman–Crippen LogP) is 14.8. The van der Waals surface area contributed by atoms with E-state index in [1.54, 1.807) is 0 Å². The van der Waals surface area contributed by atoms with Gasteiger partial charge in [0.1, 0.15) is 0 Å². The molecule has 0 nitrogen and oxygen atoms in total. The Hall–Kier alpha value is -6.50. The maximum Gasteiger partial charge on any atom is -0.00206 e. The summed E-state index contributed by atoms with van der Waals surface area (Å²) in [4.78, 5) is 0. The molecule has 0 saturated heterocycles. The third-order valence-corrected chi connectivity index (χ3v) is 11.6.